The van der Waals surface area contributed by atoms with E-state index < -0.39 is 0 Å². The molecule has 3 rings (SSSR count). The van der Waals surface area contributed by atoms with Crippen LogP contribution in [0.4, 0.5) is 0 Å². The van der Waals surface area contributed by atoms with Crippen molar-refractivity contribution in [1.29, 1.82) is 0 Å². The van der Waals surface area contributed by atoms with Gasteiger partial charge in [0.05, 0.1) is 6.33 Å². The fourth-order valence-corrected chi connectivity index (χ4v) is 3.37. The van der Waals surface area contributed by atoms with Gasteiger partial charge in [-0.3, -0.25) is 4.79 Å². The molecule has 1 aliphatic rings. The molecule has 1 saturated heterocycles. The van der Waals surface area contributed by atoms with Crippen LogP contribution >= 0.6 is 11.6 Å². The Morgan fingerprint density at radius 3 is 3.08 bits per heavy atom. The van der Waals surface area contributed by atoms with Crippen LogP contribution in [-0.4, -0.2) is 40.1 Å². The number of imidazole rings is 1. The maximum Gasteiger partial charge on any atom is 0.260 e. The van der Waals surface area contributed by atoms with E-state index in [9.17, 15) is 4.79 Å². The lowest BCUT2D eigenvalue weighted by Gasteiger charge is -2.33. The topological polar surface area (TPSA) is 47.4 Å². The normalized spacial score (nSPS) is 17.8. The van der Waals surface area contributed by atoms with Crippen LogP contribution < -0.4 is 4.74 Å². The van der Waals surface area contributed by atoms with Crippen LogP contribution in [0.5, 0.6) is 5.75 Å². The molecule has 1 aliphatic heterocycles. The van der Waals surface area contributed by atoms with Gasteiger partial charge in [-0.25, -0.2) is 4.98 Å². The molecule has 0 aliphatic carbocycles. The molecule has 0 spiro atoms. The number of aryl methyl sites for hydroxylation is 1. The summed E-state index contributed by atoms with van der Waals surface area (Å²) in [6.45, 7) is 4.48. The molecule has 24 heavy (non-hydrogen) atoms. The molecule has 128 valence electrons. The van der Waals surface area contributed by atoms with Crippen molar-refractivity contribution in [3.05, 3.63) is 47.5 Å². The van der Waals surface area contributed by atoms with E-state index in [1.807, 2.05) is 36.5 Å². The lowest BCUT2D eigenvalue weighted by Crippen LogP contribution is -2.43. The van der Waals surface area contributed by atoms with Crippen molar-refractivity contribution in [2.75, 3.05) is 19.7 Å². The summed E-state index contributed by atoms with van der Waals surface area (Å²) >= 11 is 5.94. The van der Waals surface area contributed by atoms with Gasteiger partial charge in [-0.15, -0.1) is 0 Å². The van der Waals surface area contributed by atoms with E-state index in [2.05, 4.69) is 9.55 Å². The second-order valence-electron chi connectivity index (χ2n) is 6.31. The summed E-state index contributed by atoms with van der Waals surface area (Å²) in [5, 5.41) is 0.671. The number of nitrogens with zero attached hydrogens (tertiary/aromatic N) is 3. The van der Waals surface area contributed by atoms with Crippen molar-refractivity contribution in [3.8, 4) is 5.75 Å². The molecule has 1 aromatic heterocycles. The van der Waals surface area contributed by atoms with Crippen molar-refractivity contribution >= 4 is 17.5 Å². The third kappa shape index (κ3) is 4.29. The summed E-state index contributed by atoms with van der Waals surface area (Å²) in [5.74, 6) is 1.22. The second kappa shape index (κ2) is 7.71. The minimum absolute atomic E-state index is 0.0414. The lowest BCUT2D eigenvalue weighted by atomic mass is 9.98. The Balaban J connectivity index is 1.52. The quantitative estimate of drug-likeness (QED) is 0.834. The number of carbonyl (C=O) groups is 1. The van der Waals surface area contributed by atoms with Gasteiger partial charge in [0.1, 0.15) is 5.75 Å². The first-order valence-corrected chi connectivity index (χ1v) is 8.62. The van der Waals surface area contributed by atoms with Crippen LogP contribution in [0.1, 0.15) is 18.4 Å². The average Bonchev–Trinajstić information content (AvgIpc) is 3.07. The van der Waals surface area contributed by atoms with Crippen molar-refractivity contribution < 1.29 is 9.53 Å². The standard InChI is InChI=1S/C18H22ClN3O2/c1-14-9-16(19)4-5-17(14)24-12-18(23)22-7-2-3-15(11-22)10-21-8-6-20-13-21/h4-6,8-9,13,15H,2-3,7,10-12H2,1H3/t15-/m1/s1. The Morgan fingerprint density at radius 1 is 1.46 bits per heavy atom. The van der Waals surface area contributed by atoms with Gasteiger partial charge in [-0.1, -0.05) is 11.6 Å². The predicted octanol–water partition coefficient (Wildman–Crippen LogP) is 3.16. The molecule has 0 bridgehead atoms. The van der Waals surface area contributed by atoms with Gasteiger partial charge < -0.3 is 14.2 Å². The molecular formula is C18H22ClN3O2. The predicted molar refractivity (Wildman–Crippen MR) is 93.2 cm³/mol. The van der Waals surface area contributed by atoms with Crippen LogP contribution in [0, 0.1) is 12.8 Å². The van der Waals surface area contributed by atoms with Gasteiger partial charge in [-0.05, 0) is 49.4 Å². The summed E-state index contributed by atoms with van der Waals surface area (Å²) < 4.78 is 7.76. The van der Waals surface area contributed by atoms with Gasteiger partial charge in [0.25, 0.3) is 5.91 Å². The maximum absolute atomic E-state index is 12.5. The molecule has 1 atom stereocenters. The number of likely N-dealkylation sites (tertiary alicyclic amines) is 1. The SMILES string of the molecule is Cc1cc(Cl)ccc1OCC(=O)N1CCC[C@H](Cn2ccnc2)C1. The highest BCUT2D eigenvalue weighted by atomic mass is 35.5. The Labute approximate surface area is 147 Å². The van der Waals surface area contributed by atoms with Crippen LogP contribution in [0.25, 0.3) is 0 Å². The number of halogens is 1. The van der Waals surface area contributed by atoms with Crippen molar-refractivity contribution in [3.63, 3.8) is 0 Å². The molecule has 0 unspecified atom stereocenters. The van der Waals surface area contributed by atoms with Crippen LogP contribution in [0.15, 0.2) is 36.9 Å². The highest BCUT2D eigenvalue weighted by Gasteiger charge is 2.24. The number of piperidine rings is 1. The zero-order valence-electron chi connectivity index (χ0n) is 13.8. The number of rotatable bonds is 5. The number of benzene rings is 1. The molecule has 2 heterocycles. The van der Waals surface area contributed by atoms with Crippen LogP contribution in [0.2, 0.25) is 5.02 Å². The van der Waals surface area contributed by atoms with E-state index >= 15 is 0 Å². The molecule has 1 aromatic carbocycles. The number of aromatic nitrogens is 2. The van der Waals surface area contributed by atoms with Gasteiger partial charge in [-0.2, -0.15) is 0 Å². The van der Waals surface area contributed by atoms with E-state index in [4.69, 9.17) is 16.3 Å². The minimum atomic E-state index is 0.0414. The summed E-state index contributed by atoms with van der Waals surface area (Å²) in [7, 11) is 0. The first-order chi connectivity index (χ1) is 11.6. The Kier molecular flexibility index (Phi) is 5.41. The van der Waals surface area contributed by atoms with E-state index in [0.29, 0.717) is 16.7 Å². The number of hydrogen-bond acceptors (Lipinski definition) is 3. The Morgan fingerprint density at radius 2 is 2.33 bits per heavy atom. The van der Waals surface area contributed by atoms with Gasteiger partial charge >= 0.3 is 0 Å². The third-order valence-electron chi connectivity index (χ3n) is 4.39. The average molecular weight is 348 g/mol. The highest BCUT2D eigenvalue weighted by Crippen LogP contribution is 2.22. The second-order valence-corrected chi connectivity index (χ2v) is 6.74. The van der Waals surface area contributed by atoms with Crippen LogP contribution in [0.3, 0.4) is 0 Å². The van der Waals surface area contributed by atoms with E-state index in [-0.39, 0.29) is 12.5 Å². The first-order valence-electron chi connectivity index (χ1n) is 8.24. The van der Waals surface area contributed by atoms with Crippen molar-refractivity contribution in [1.82, 2.24) is 14.5 Å². The summed E-state index contributed by atoms with van der Waals surface area (Å²) in [6.07, 6.45) is 7.75. The minimum Gasteiger partial charge on any atom is -0.483 e. The monoisotopic (exact) mass is 347 g/mol. The van der Waals surface area contributed by atoms with E-state index in [1.165, 1.54) is 0 Å². The molecule has 6 heteroatoms. The largest absolute Gasteiger partial charge is 0.483 e. The third-order valence-corrected chi connectivity index (χ3v) is 4.62. The first kappa shape index (κ1) is 16.8. The van der Waals surface area contributed by atoms with E-state index in [0.717, 1.165) is 38.0 Å². The highest BCUT2D eigenvalue weighted by molar-refractivity contribution is 6.30. The van der Waals surface area contributed by atoms with Crippen molar-refractivity contribution in [2.24, 2.45) is 5.92 Å². The number of ether oxygens (including phenoxy) is 1. The molecule has 1 amide bonds. The van der Waals surface area contributed by atoms with Crippen molar-refractivity contribution in [2.45, 2.75) is 26.3 Å². The summed E-state index contributed by atoms with van der Waals surface area (Å²) in [4.78, 5) is 18.4. The Bertz CT molecular complexity index is 688. The number of hydrogen-bond donors (Lipinski definition) is 0. The Hall–Kier alpha value is -2.01. The van der Waals surface area contributed by atoms with Gasteiger partial charge in [0.2, 0.25) is 0 Å². The molecule has 1 fully saturated rings. The molecular weight excluding hydrogens is 326 g/mol. The van der Waals surface area contributed by atoms with Gasteiger partial charge in [0.15, 0.2) is 6.61 Å². The van der Waals surface area contributed by atoms with E-state index in [1.54, 1.807) is 12.3 Å². The smallest absolute Gasteiger partial charge is 0.260 e. The van der Waals surface area contributed by atoms with Gasteiger partial charge in [0, 0.05) is 37.1 Å². The number of carbonyl (C=O) groups excluding carboxylic acids is 1. The molecule has 0 radical (unpaired) electrons. The number of amides is 1. The summed E-state index contributed by atoms with van der Waals surface area (Å²) in [5.41, 5.74) is 0.937. The zero-order valence-corrected chi connectivity index (χ0v) is 14.6. The molecule has 2 aromatic rings. The fraction of sp³-hybridized carbons (Fsp3) is 0.444. The molecule has 5 nitrogen and oxygen atoms in total. The van der Waals surface area contributed by atoms with Crippen LogP contribution in [-0.2, 0) is 11.3 Å². The zero-order chi connectivity index (χ0) is 16.9. The lowest BCUT2D eigenvalue weighted by molar-refractivity contribution is -0.135. The molecule has 0 saturated carbocycles. The fourth-order valence-electron chi connectivity index (χ4n) is 3.14. The molecule has 0 N–H and O–H groups in total. The summed E-state index contributed by atoms with van der Waals surface area (Å²) in [6, 6.07) is 5.42. The maximum atomic E-state index is 12.5.